The zero-order valence-corrected chi connectivity index (χ0v) is 11.3. The average Bonchev–Trinajstić information content (AvgIpc) is 2.89. The molecule has 0 amide bonds. The number of esters is 1. The van der Waals surface area contributed by atoms with Crippen LogP contribution in [-0.2, 0) is 16.1 Å². The third kappa shape index (κ3) is 3.78. The van der Waals surface area contributed by atoms with Crippen molar-refractivity contribution in [2.24, 2.45) is 0 Å². The first-order chi connectivity index (χ1) is 9.69. The van der Waals surface area contributed by atoms with E-state index in [1.807, 2.05) is 34.9 Å². The summed E-state index contributed by atoms with van der Waals surface area (Å²) in [4.78, 5) is 27.1. The van der Waals surface area contributed by atoms with E-state index in [1.54, 1.807) is 19.4 Å². The maximum Gasteiger partial charge on any atom is 0.313 e. The molecule has 0 N–H and O–H groups in total. The van der Waals surface area contributed by atoms with Crippen LogP contribution in [0.1, 0.15) is 29.4 Å². The van der Waals surface area contributed by atoms with Gasteiger partial charge < -0.3 is 9.30 Å². The van der Waals surface area contributed by atoms with Crippen molar-refractivity contribution in [3.05, 3.63) is 54.1 Å². The molecule has 0 bridgehead atoms. The van der Waals surface area contributed by atoms with Crippen LogP contribution in [-0.4, -0.2) is 27.9 Å². The minimum Gasteiger partial charge on any atom is -0.466 e. The van der Waals surface area contributed by atoms with E-state index in [4.69, 9.17) is 4.74 Å². The number of benzene rings is 1. The first-order valence-electron chi connectivity index (χ1n) is 6.43. The van der Waals surface area contributed by atoms with Gasteiger partial charge in [0.2, 0.25) is 0 Å². The van der Waals surface area contributed by atoms with Crippen LogP contribution >= 0.6 is 0 Å². The molecular weight excluding hydrogens is 256 g/mol. The summed E-state index contributed by atoms with van der Waals surface area (Å²) in [6.45, 7) is 2.62. The Morgan fingerprint density at radius 2 is 2.00 bits per heavy atom. The van der Waals surface area contributed by atoms with Gasteiger partial charge in [0.1, 0.15) is 12.1 Å². The maximum atomic E-state index is 11.8. The molecule has 2 rings (SSSR count). The zero-order valence-electron chi connectivity index (χ0n) is 11.3. The van der Waals surface area contributed by atoms with Crippen LogP contribution in [0.5, 0.6) is 0 Å². The van der Waals surface area contributed by atoms with Crippen LogP contribution in [0.3, 0.4) is 0 Å². The Balaban J connectivity index is 1.98. The Kier molecular flexibility index (Phi) is 4.65. The molecular formula is C15H16N2O3. The third-order valence-electron chi connectivity index (χ3n) is 2.74. The van der Waals surface area contributed by atoms with Crippen LogP contribution in [0.25, 0.3) is 0 Å². The number of ether oxygens (including phenoxy) is 1. The van der Waals surface area contributed by atoms with Gasteiger partial charge in [-0.05, 0) is 12.5 Å². The van der Waals surface area contributed by atoms with Crippen molar-refractivity contribution in [1.29, 1.82) is 0 Å². The molecule has 2 aromatic rings. The second kappa shape index (κ2) is 6.65. The topological polar surface area (TPSA) is 61.2 Å². The largest absolute Gasteiger partial charge is 0.466 e. The first kappa shape index (κ1) is 14.0. The molecule has 0 atom stereocenters. The molecule has 0 saturated heterocycles. The second-order valence-corrected chi connectivity index (χ2v) is 4.32. The normalized spacial score (nSPS) is 10.2. The lowest BCUT2D eigenvalue weighted by atomic mass is 10.2. The minimum atomic E-state index is -0.518. The number of ketones is 1. The second-order valence-electron chi connectivity index (χ2n) is 4.32. The van der Waals surface area contributed by atoms with Gasteiger partial charge in [-0.25, -0.2) is 4.98 Å². The zero-order chi connectivity index (χ0) is 14.4. The molecule has 104 valence electrons. The molecule has 0 aliphatic carbocycles. The number of nitrogens with zero attached hydrogens (tertiary/aromatic N) is 2. The van der Waals surface area contributed by atoms with Gasteiger partial charge in [-0.3, -0.25) is 9.59 Å². The highest BCUT2D eigenvalue weighted by Crippen LogP contribution is 2.06. The fourth-order valence-corrected chi connectivity index (χ4v) is 1.82. The number of carbonyl (C=O) groups is 2. The van der Waals surface area contributed by atoms with Gasteiger partial charge in [0.15, 0.2) is 5.78 Å². The van der Waals surface area contributed by atoms with Crippen molar-refractivity contribution >= 4 is 11.8 Å². The highest BCUT2D eigenvalue weighted by Gasteiger charge is 2.15. The van der Waals surface area contributed by atoms with E-state index in [9.17, 15) is 9.59 Å². The first-order valence-corrected chi connectivity index (χ1v) is 6.43. The quantitative estimate of drug-likeness (QED) is 0.459. The lowest BCUT2D eigenvalue weighted by molar-refractivity contribution is -0.141. The van der Waals surface area contributed by atoms with Crippen molar-refractivity contribution in [3.63, 3.8) is 0 Å². The third-order valence-corrected chi connectivity index (χ3v) is 2.74. The molecule has 5 heteroatoms. The van der Waals surface area contributed by atoms with E-state index in [0.29, 0.717) is 6.54 Å². The molecule has 0 aliphatic rings. The van der Waals surface area contributed by atoms with Gasteiger partial charge >= 0.3 is 5.97 Å². The number of rotatable bonds is 6. The molecule has 1 heterocycles. The van der Waals surface area contributed by atoms with E-state index >= 15 is 0 Å². The van der Waals surface area contributed by atoms with Crippen molar-refractivity contribution in [1.82, 2.24) is 9.55 Å². The fourth-order valence-electron chi connectivity index (χ4n) is 1.82. The summed E-state index contributed by atoms with van der Waals surface area (Å²) in [7, 11) is 0. The number of imidazole rings is 1. The van der Waals surface area contributed by atoms with Crippen LogP contribution in [0.4, 0.5) is 0 Å². The molecule has 0 radical (unpaired) electrons. The van der Waals surface area contributed by atoms with Gasteiger partial charge in [0, 0.05) is 12.7 Å². The predicted octanol–water partition coefficient (Wildman–Crippen LogP) is 2.07. The van der Waals surface area contributed by atoms with E-state index < -0.39 is 5.97 Å². The molecule has 0 unspecified atom stereocenters. The molecule has 5 nitrogen and oxygen atoms in total. The lowest BCUT2D eigenvalue weighted by Gasteiger charge is -2.01. The Bertz CT molecular complexity index is 590. The Morgan fingerprint density at radius 3 is 2.70 bits per heavy atom. The minimum absolute atomic E-state index is 0.268. The van der Waals surface area contributed by atoms with Crippen LogP contribution in [0.2, 0.25) is 0 Å². The van der Waals surface area contributed by atoms with Gasteiger partial charge in [-0.1, -0.05) is 30.3 Å². The maximum absolute atomic E-state index is 11.8. The molecule has 20 heavy (non-hydrogen) atoms. The van der Waals surface area contributed by atoms with Gasteiger partial charge in [-0.2, -0.15) is 0 Å². The van der Waals surface area contributed by atoms with E-state index in [0.717, 1.165) is 5.56 Å². The van der Waals surface area contributed by atoms with Gasteiger partial charge in [-0.15, -0.1) is 0 Å². The van der Waals surface area contributed by atoms with Gasteiger partial charge in [0.05, 0.1) is 12.9 Å². The molecule has 1 aromatic carbocycles. The number of hydrogen-bond donors (Lipinski definition) is 0. The van der Waals surface area contributed by atoms with Crippen LogP contribution < -0.4 is 0 Å². The highest BCUT2D eigenvalue weighted by atomic mass is 16.5. The summed E-state index contributed by atoms with van der Waals surface area (Å²) in [6, 6.07) is 9.87. The lowest BCUT2D eigenvalue weighted by Crippen LogP contribution is -2.11. The van der Waals surface area contributed by atoms with Crippen LogP contribution in [0, 0.1) is 0 Å². The van der Waals surface area contributed by atoms with Crippen LogP contribution in [0.15, 0.2) is 42.9 Å². The average molecular weight is 272 g/mol. The Hall–Kier alpha value is -2.43. The van der Waals surface area contributed by atoms with E-state index in [2.05, 4.69) is 4.98 Å². The molecule has 0 fully saturated rings. The Morgan fingerprint density at radius 1 is 1.25 bits per heavy atom. The monoisotopic (exact) mass is 272 g/mol. The summed E-state index contributed by atoms with van der Waals surface area (Å²) < 4.78 is 6.56. The van der Waals surface area contributed by atoms with Crippen molar-refractivity contribution in [3.8, 4) is 0 Å². The SMILES string of the molecule is CCOC(=O)CC(=O)c1cn(Cc2ccccc2)cn1. The summed E-state index contributed by atoms with van der Waals surface area (Å²) >= 11 is 0. The number of carbonyl (C=O) groups excluding carboxylic acids is 2. The van der Waals surface area contributed by atoms with Gasteiger partial charge in [0.25, 0.3) is 0 Å². The Labute approximate surface area is 117 Å². The number of aromatic nitrogens is 2. The summed E-state index contributed by atoms with van der Waals surface area (Å²) in [5, 5.41) is 0. The standard InChI is InChI=1S/C15H16N2O3/c1-2-20-15(19)8-14(18)13-10-17(11-16-13)9-12-6-4-3-5-7-12/h3-7,10-11H,2,8-9H2,1H3. The molecule has 0 aliphatic heterocycles. The summed E-state index contributed by atoms with van der Waals surface area (Å²) in [6.07, 6.45) is 2.97. The van der Waals surface area contributed by atoms with Crippen molar-refractivity contribution < 1.29 is 14.3 Å². The molecule has 0 saturated carbocycles. The fraction of sp³-hybridized carbons (Fsp3) is 0.267. The smallest absolute Gasteiger partial charge is 0.313 e. The van der Waals surface area contributed by atoms with Crippen molar-refractivity contribution in [2.75, 3.05) is 6.61 Å². The van der Waals surface area contributed by atoms with E-state index in [-0.39, 0.29) is 24.5 Å². The number of Topliss-reactive ketones (excluding diaryl/α,β-unsaturated/α-hetero) is 1. The van der Waals surface area contributed by atoms with Crippen molar-refractivity contribution in [2.45, 2.75) is 19.9 Å². The molecule has 1 aromatic heterocycles. The number of hydrogen-bond acceptors (Lipinski definition) is 4. The molecule has 0 spiro atoms. The van der Waals surface area contributed by atoms with E-state index in [1.165, 1.54) is 0 Å². The summed E-state index contributed by atoms with van der Waals surface area (Å²) in [5.74, 6) is -0.842. The predicted molar refractivity (Wildman–Crippen MR) is 73.4 cm³/mol. The summed E-state index contributed by atoms with van der Waals surface area (Å²) in [5.41, 5.74) is 1.41. The highest BCUT2D eigenvalue weighted by molar-refractivity contribution is 6.04.